The highest BCUT2D eigenvalue weighted by atomic mass is 16.7. The lowest BCUT2D eigenvalue weighted by atomic mass is 10.1. The summed E-state index contributed by atoms with van der Waals surface area (Å²) in [6, 6.07) is 17.3. The molecular weight excluding hydrogens is 278 g/mol. The van der Waals surface area contributed by atoms with Crippen LogP contribution >= 0.6 is 0 Å². The van der Waals surface area contributed by atoms with E-state index in [1.165, 1.54) is 5.56 Å². The number of amides is 1. The third-order valence-electron chi connectivity index (χ3n) is 3.69. The van der Waals surface area contributed by atoms with Crippen LogP contribution in [0.3, 0.4) is 0 Å². The van der Waals surface area contributed by atoms with E-state index in [1.807, 2.05) is 48.5 Å². The van der Waals surface area contributed by atoms with Crippen LogP contribution in [-0.4, -0.2) is 16.9 Å². The van der Waals surface area contributed by atoms with Gasteiger partial charge in [0.15, 0.2) is 0 Å². The minimum atomic E-state index is -0.364. The number of fused-ring (bicyclic) bond motifs is 1. The molecule has 2 aromatic carbocycles. The Labute approximate surface area is 129 Å². The van der Waals surface area contributed by atoms with Gasteiger partial charge in [0.1, 0.15) is 0 Å². The molecule has 22 heavy (non-hydrogen) atoms. The lowest BCUT2D eigenvalue weighted by Crippen LogP contribution is -2.27. The summed E-state index contributed by atoms with van der Waals surface area (Å²) >= 11 is 0. The summed E-state index contributed by atoms with van der Waals surface area (Å²) in [4.78, 5) is 29.1. The van der Waals surface area contributed by atoms with Crippen LogP contribution in [-0.2, 0) is 22.6 Å². The van der Waals surface area contributed by atoms with Crippen molar-refractivity contribution in [3.05, 3.63) is 71.3 Å². The highest BCUT2D eigenvalue weighted by Crippen LogP contribution is 2.22. The fourth-order valence-electron chi connectivity index (χ4n) is 2.55. The summed E-state index contributed by atoms with van der Waals surface area (Å²) in [6.45, 7) is 0.333. The minimum absolute atomic E-state index is 0.244. The molecule has 0 fully saturated rings. The Kier molecular flexibility index (Phi) is 4.19. The van der Waals surface area contributed by atoms with Gasteiger partial charge in [0.25, 0.3) is 5.91 Å². The molecule has 0 saturated heterocycles. The van der Waals surface area contributed by atoms with Crippen LogP contribution in [0.5, 0.6) is 0 Å². The van der Waals surface area contributed by atoms with Crippen molar-refractivity contribution in [1.29, 1.82) is 0 Å². The Morgan fingerprint density at radius 2 is 1.77 bits per heavy atom. The molecule has 0 N–H and O–H groups in total. The molecule has 112 valence electrons. The van der Waals surface area contributed by atoms with Crippen molar-refractivity contribution in [2.45, 2.75) is 25.8 Å². The summed E-state index contributed by atoms with van der Waals surface area (Å²) < 4.78 is 0. The van der Waals surface area contributed by atoms with Gasteiger partial charge in [-0.3, -0.25) is 4.79 Å². The van der Waals surface area contributed by atoms with Crippen molar-refractivity contribution in [1.82, 2.24) is 5.06 Å². The van der Waals surface area contributed by atoms with Crippen LogP contribution in [0.1, 0.15) is 34.3 Å². The van der Waals surface area contributed by atoms with Crippen molar-refractivity contribution in [3.8, 4) is 0 Å². The molecule has 4 nitrogen and oxygen atoms in total. The van der Waals surface area contributed by atoms with E-state index in [2.05, 4.69) is 0 Å². The van der Waals surface area contributed by atoms with Crippen molar-refractivity contribution in [2.75, 3.05) is 0 Å². The van der Waals surface area contributed by atoms with Gasteiger partial charge < -0.3 is 4.84 Å². The summed E-state index contributed by atoms with van der Waals surface area (Å²) in [5, 5.41) is 1.15. The molecule has 0 aliphatic carbocycles. The first kappa shape index (κ1) is 14.3. The van der Waals surface area contributed by atoms with Gasteiger partial charge in [0.05, 0.1) is 6.54 Å². The second kappa shape index (κ2) is 6.43. The molecule has 0 spiro atoms. The lowest BCUT2D eigenvalue weighted by Gasteiger charge is -2.14. The summed E-state index contributed by atoms with van der Waals surface area (Å²) in [7, 11) is 0. The number of hydroxylamine groups is 2. The van der Waals surface area contributed by atoms with E-state index in [-0.39, 0.29) is 11.9 Å². The monoisotopic (exact) mass is 295 g/mol. The Bertz CT molecular complexity index is 682. The maximum atomic E-state index is 12.1. The molecule has 0 bridgehead atoms. The first-order valence-corrected chi connectivity index (χ1v) is 7.38. The van der Waals surface area contributed by atoms with Gasteiger partial charge in [-0.25, -0.2) is 4.79 Å². The molecule has 1 heterocycles. The van der Waals surface area contributed by atoms with Crippen LogP contribution in [0.25, 0.3) is 0 Å². The molecule has 0 saturated carbocycles. The quantitative estimate of drug-likeness (QED) is 0.851. The number of carbonyl (C=O) groups is 2. The maximum absolute atomic E-state index is 12.1. The largest absolute Gasteiger partial charge is 0.338 e. The number of rotatable bonds is 5. The van der Waals surface area contributed by atoms with Crippen molar-refractivity contribution >= 4 is 11.9 Å². The van der Waals surface area contributed by atoms with Crippen molar-refractivity contribution in [3.63, 3.8) is 0 Å². The number of hydrogen-bond acceptors (Lipinski definition) is 3. The van der Waals surface area contributed by atoms with Crippen molar-refractivity contribution in [2.24, 2.45) is 0 Å². The molecule has 3 rings (SSSR count). The zero-order valence-electron chi connectivity index (χ0n) is 12.2. The maximum Gasteiger partial charge on any atom is 0.332 e. The second-order valence-corrected chi connectivity index (χ2v) is 5.30. The van der Waals surface area contributed by atoms with Crippen LogP contribution in [0.15, 0.2) is 54.6 Å². The van der Waals surface area contributed by atoms with Gasteiger partial charge in [-0.2, -0.15) is 5.06 Å². The highest BCUT2D eigenvalue weighted by Gasteiger charge is 2.29. The molecule has 0 aromatic heterocycles. The predicted molar refractivity (Wildman–Crippen MR) is 81.8 cm³/mol. The molecule has 1 aliphatic heterocycles. The zero-order valence-corrected chi connectivity index (χ0v) is 12.2. The smallest absolute Gasteiger partial charge is 0.332 e. The van der Waals surface area contributed by atoms with E-state index >= 15 is 0 Å². The molecular formula is C18H17NO3. The average Bonchev–Trinajstić information content (AvgIpc) is 2.85. The van der Waals surface area contributed by atoms with Gasteiger partial charge in [-0.15, -0.1) is 0 Å². The van der Waals surface area contributed by atoms with E-state index in [4.69, 9.17) is 4.84 Å². The van der Waals surface area contributed by atoms with Crippen LogP contribution in [0.4, 0.5) is 0 Å². The van der Waals surface area contributed by atoms with E-state index < -0.39 is 0 Å². The van der Waals surface area contributed by atoms with E-state index in [0.29, 0.717) is 24.9 Å². The van der Waals surface area contributed by atoms with Crippen LogP contribution < -0.4 is 0 Å². The predicted octanol–water partition coefficient (Wildman–Crippen LogP) is 3.12. The fraction of sp³-hybridized carbons (Fsp3) is 0.222. The standard InChI is InChI=1S/C18H17NO3/c20-17(12-6-9-14-7-2-1-3-8-14)22-19-13-15-10-4-5-11-16(15)18(19)21/h1-5,7-8,10-11H,6,9,12-13H2. The van der Waals surface area contributed by atoms with E-state index in [1.54, 1.807) is 6.07 Å². The SMILES string of the molecule is O=C(CCCc1ccccc1)ON1Cc2ccccc2C1=O. The van der Waals surface area contributed by atoms with Gasteiger partial charge >= 0.3 is 5.97 Å². The number of carbonyl (C=O) groups excluding carboxylic acids is 2. The third kappa shape index (κ3) is 3.17. The lowest BCUT2D eigenvalue weighted by molar-refractivity contribution is -0.178. The Morgan fingerprint density at radius 3 is 2.55 bits per heavy atom. The Hall–Kier alpha value is -2.62. The highest BCUT2D eigenvalue weighted by molar-refractivity contribution is 5.98. The van der Waals surface area contributed by atoms with Gasteiger partial charge in [-0.1, -0.05) is 48.5 Å². The van der Waals surface area contributed by atoms with Gasteiger partial charge in [-0.05, 0) is 30.0 Å². The van der Waals surface area contributed by atoms with Gasteiger partial charge in [0, 0.05) is 12.0 Å². The summed E-state index contributed by atoms with van der Waals surface area (Å²) in [5.41, 5.74) is 2.70. The average molecular weight is 295 g/mol. The van der Waals surface area contributed by atoms with Crippen LogP contribution in [0, 0.1) is 0 Å². The number of aryl methyl sites for hydroxylation is 1. The van der Waals surface area contributed by atoms with Crippen molar-refractivity contribution < 1.29 is 14.4 Å². The summed E-state index contributed by atoms with van der Waals surface area (Å²) in [6.07, 6.45) is 1.83. The Balaban J connectivity index is 1.48. The Morgan fingerprint density at radius 1 is 1.05 bits per heavy atom. The third-order valence-corrected chi connectivity index (χ3v) is 3.69. The molecule has 4 heteroatoms. The fourth-order valence-corrected chi connectivity index (χ4v) is 2.55. The molecule has 2 aromatic rings. The normalized spacial score (nSPS) is 13.1. The van der Waals surface area contributed by atoms with E-state index in [9.17, 15) is 9.59 Å². The second-order valence-electron chi connectivity index (χ2n) is 5.30. The topological polar surface area (TPSA) is 46.6 Å². The summed E-state index contributed by atoms with van der Waals surface area (Å²) in [5.74, 6) is -0.607. The first-order valence-electron chi connectivity index (χ1n) is 7.38. The zero-order chi connectivity index (χ0) is 15.4. The van der Waals surface area contributed by atoms with Gasteiger partial charge in [0.2, 0.25) is 0 Å². The number of hydrogen-bond donors (Lipinski definition) is 0. The molecule has 0 radical (unpaired) electrons. The molecule has 0 unspecified atom stereocenters. The van der Waals surface area contributed by atoms with Crippen LogP contribution in [0.2, 0.25) is 0 Å². The molecule has 1 aliphatic rings. The minimum Gasteiger partial charge on any atom is -0.338 e. The van der Waals surface area contributed by atoms with E-state index in [0.717, 1.165) is 17.0 Å². The first-order chi connectivity index (χ1) is 10.7. The molecule has 0 atom stereocenters. The number of benzene rings is 2. The molecule has 1 amide bonds. The number of nitrogens with zero attached hydrogens (tertiary/aromatic N) is 1.